The summed E-state index contributed by atoms with van der Waals surface area (Å²) in [6.07, 6.45) is 0. The van der Waals surface area contributed by atoms with E-state index in [1.54, 1.807) is 10.8 Å². The Hall–Kier alpha value is -1.63. The molecule has 1 heterocycles. The van der Waals surface area contributed by atoms with E-state index in [4.69, 9.17) is 17.4 Å². The summed E-state index contributed by atoms with van der Waals surface area (Å²) < 4.78 is 1.51. The van der Waals surface area contributed by atoms with Crippen LogP contribution >= 0.6 is 33.2 Å². The van der Waals surface area contributed by atoms with Crippen molar-refractivity contribution in [1.82, 2.24) is 14.9 Å². The van der Waals surface area contributed by atoms with E-state index in [-0.39, 0.29) is 0 Å². The van der Waals surface area contributed by atoms with Crippen molar-refractivity contribution in [2.75, 3.05) is 5.84 Å². The first-order valence-electron chi connectivity index (χ1n) is 6.54. The van der Waals surface area contributed by atoms with Crippen LogP contribution in [0.5, 0.6) is 0 Å². The summed E-state index contributed by atoms with van der Waals surface area (Å²) in [6, 6.07) is 17.6. The summed E-state index contributed by atoms with van der Waals surface area (Å²) in [5.41, 5.74) is 2.15. The van der Waals surface area contributed by atoms with Crippen LogP contribution in [0.2, 0.25) is 5.02 Å². The van der Waals surface area contributed by atoms with Crippen molar-refractivity contribution in [2.24, 2.45) is 0 Å². The molecular weight excluding hydrogens is 336 g/mol. The molecule has 3 rings (SSSR count). The predicted molar refractivity (Wildman–Crippen MR) is 94.2 cm³/mol. The van der Waals surface area contributed by atoms with Gasteiger partial charge < -0.3 is 5.84 Å². The maximum absolute atomic E-state index is 6.08. The predicted octanol–water partition coefficient (Wildman–Crippen LogP) is 4.25. The summed E-state index contributed by atoms with van der Waals surface area (Å²) in [5.74, 6) is 7.59. The van der Waals surface area contributed by atoms with Crippen LogP contribution < -0.4 is 5.84 Å². The van der Waals surface area contributed by atoms with Crippen LogP contribution in [0.25, 0.3) is 11.4 Å². The molecule has 2 N–H and O–H groups in total. The molecule has 3 aromatic rings. The molecule has 112 valence electrons. The van der Waals surface area contributed by atoms with Gasteiger partial charge in [0.05, 0.1) is 0 Å². The van der Waals surface area contributed by atoms with Gasteiger partial charge in [-0.2, -0.15) is 0 Å². The quantitative estimate of drug-likeness (QED) is 0.551. The highest BCUT2D eigenvalue weighted by Crippen LogP contribution is 2.33. The summed E-state index contributed by atoms with van der Waals surface area (Å²) in [6.45, 7) is 0. The maximum atomic E-state index is 6.08. The molecule has 0 spiro atoms. The van der Waals surface area contributed by atoms with Crippen LogP contribution in [0.3, 0.4) is 0 Å². The Morgan fingerprint density at radius 1 is 1.00 bits per heavy atom. The average Bonchev–Trinajstić information content (AvgIpc) is 2.90. The normalized spacial score (nSPS) is 10.8. The van der Waals surface area contributed by atoms with E-state index in [9.17, 15) is 0 Å². The fourth-order valence-electron chi connectivity index (χ4n) is 1.85. The van der Waals surface area contributed by atoms with Crippen LogP contribution in [-0.4, -0.2) is 14.9 Å². The number of halogens is 1. The van der Waals surface area contributed by atoms with E-state index < -0.39 is 0 Å². The average molecular weight is 349 g/mol. The number of hydrogen-bond acceptors (Lipinski definition) is 5. The first kappa shape index (κ1) is 15.3. The molecule has 0 bridgehead atoms. The molecule has 2 aromatic carbocycles. The SMILES string of the molecule is Nn1c(SSCc2ccccc2)nnc1-c1ccc(Cl)cc1. The van der Waals surface area contributed by atoms with Gasteiger partial charge in [0.2, 0.25) is 5.16 Å². The van der Waals surface area contributed by atoms with Crippen molar-refractivity contribution in [3.05, 3.63) is 65.2 Å². The Balaban J connectivity index is 1.67. The van der Waals surface area contributed by atoms with Crippen molar-refractivity contribution < 1.29 is 0 Å². The Kier molecular flexibility index (Phi) is 4.92. The van der Waals surface area contributed by atoms with Gasteiger partial charge in [-0.25, -0.2) is 4.68 Å². The van der Waals surface area contributed by atoms with Crippen molar-refractivity contribution in [1.29, 1.82) is 0 Å². The van der Waals surface area contributed by atoms with Crippen LogP contribution in [0.4, 0.5) is 0 Å². The molecular formula is C15H13ClN4S2. The lowest BCUT2D eigenvalue weighted by Gasteiger charge is -2.03. The zero-order valence-electron chi connectivity index (χ0n) is 11.5. The lowest BCUT2D eigenvalue weighted by atomic mass is 10.2. The van der Waals surface area contributed by atoms with Gasteiger partial charge in [-0.15, -0.1) is 10.2 Å². The Morgan fingerprint density at radius 2 is 1.73 bits per heavy atom. The first-order chi connectivity index (χ1) is 10.7. The van der Waals surface area contributed by atoms with Gasteiger partial charge >= 0.3 is 0 Å². The monoisotopic (exact) mass is 348 g/mol. The smallest absolute Gasteiger partial charge is 0.220 e. The lowest BCUT2D eigenvalue weighted by Crippen LogP contribution is -2.11. The second-order valence-electron chi connectivity index (χ2n) is 4.51. The standard InChI is InChI=1S/C15H13ClN4S2/c16-13-8-6-12(7-9-13)14-18-19-15(20(14)17)22-21-10-11-4-2-1-3-5-11/h1-9H,10,17H2. The van der Waals surface area contributed by atoms with E-state index in [0.717, 1.165) is 11.3 Å². The number of aromatic nitrogens is 3. The van der Waals surface area contributed by atoms with Gasteiger partial charge in [-0.3, -0.25) is 0 Å². The van der Waals surface area contributed by atoms with E-state index in [1.807, 2.05) is 42.5 Å². The Morgan fingerprint density at radius 3 is 2.45 bits per heavy atom. The highest BCUT2D eigenvalue weighted by molar-refractivity contribution is 8.76. The molecule has 1 aromatic heterocycles. The molecule has 0 fully saturated rings. The van der Waals surface area contributed by atoms with Gasteiger partial charge in [0.1, 0.15) is 0 Å². The Bertz CT molecular complexity index is 744. The highest BCUT2D eigenvalue weighted by Gasteiger charge is 2.12. The molecule has 0 aliphatic rings. The molecule has 0 saturated heterocycles. The molecule has 0 aliphatic heterocycles. The van der Waals surface area contributed by atoms with Gasteiger partial charge in [0.25, 0.3) is 0 Å². The molecule has 0 unspecified atom stereocenters. The highest BCUT2D eigenvalue weighted by atomic mass is 35.5. The van der Waals surface area contributed by atoms with E-state index >= 15 is 0 Å². The van der Waals surface area contributed by atoms with E-state index in [1.165, 1.54) is 21.0 Å². The van der Waals surface area contributed by atoms with Crippen LogP contribution in [-0.2, 0) is 5.75 Å². The van der Waals surface area contributed by atoms with Gasteiger partial charge in [-0.1, -0.05) is 52.7 Å². The van der Waals surface area contributed by atoms with Crippen molar-refractivity contribution >= 4 is 33.2 Å². The second-order valence-corrected chi connectivity index (χ2v) is 7.21. The number of hydrogen-bond donors (Lipinski definition) is 1. The first-order valence-corrected chi connectivity index (χ1v) is 9.23. The number of nitrogens with two attached hydrogens (primary N) is 1. The van der Waals surface area contributed by atoms with Crippen LogP contribution in [0, 0.1) is 0 Å². The van der Waals surface area contributed by atoms with Crippen molar-refractivity contribution in [3.63, 3.8) is 0 Å². The fourth-order valence-corrected chi connectivity index (χ4v) is 3.96. The van der Waals surface area contributed by atoms with Gasteiger partial charge in [-0.05, 0) is 40.6 Å². The largest absolute Gasteiger partial charge is 0.335 e. The molecule has 7 heteroatoms. The third kappa shape index (κ3) is 3.58. The lowest BCUT2D eigenvalue weighted by molar-refractivity contribution is 0.854. The molecule has 0 aliphatic carbocycles. The number of nitrogen functional groups attached to an aromatic ring is 1. The minimum atomic E-state index is 0.625. The minimum absolute atomic E-state index is 0.625. The number of rotatable bonds is 5. The summed E-state index contributed by atoms with van der Waals surface area (Å²) in [7, 11) is 3.19. The number of nitrogens with zero attached hydrogens (tertiary/aromatic N) is 3. The summed E-state index contributed by atoms with van der Waals surface area (Å²) in [4.78, 5) is 0. The fraction of sp³-hybridized carbons (Fsp3) is 0.0667. The molecule has 0 radical (unpaired) electrons. The van der Waals surface area contributed by atoms with Crippen molar-refractivity contribution in [2.45, 2.75) is 10.9 Å². The molecule has 22 heavy (non-hydrogen) atoms. The van der Waals surface area contributed by atoms with Crippen LogP contribution in [0.1, 0.15) is 5.56 Å². The van der Waals surface area contributed by atoms with Gasteiger partial charge in [0, 0.05) is 16.3 Å². The zero-order valence-corrected chi connectivity index (χ0v) is 13.9. The van der Waals surface area contributed by atoms with Crippen LogP contribution in [0.15, 0.2) is 59.8 Å². The van der Waals surface area contributed by atoms with E-state index in [0.29, 0.717) is 16.0 Å². The maximum Gasteiger partial charge on any atom is 0.220 e. The van der Waals surface area contributed by atoms with E-state index in [2.05, 4.69) is 22.3 Å². The zero-order chi connectivity index (χ0) is 15.4. The third-order valence-electron chi connectivity index (χ3n) is 2.97. The number of benzene rings is 2. The van der Waals surface area contributed by atoms with Crippen molar-refractivity contribution in [3.8, 4) is 11.4 Å². The minimum Gasteiger partial charge on any atom is -0.335 e. The topological polar surface area (TPSA) is 56.7 Å². The molecule has 4 nitrogen and oxygen atoms in total. The summed E-state index contributed by atoms with van der Waals surface area (Å²) in [5, 5.41) is 9.65. The summed E-state index contributed by atoms with van der Waals surface area (Å²) >= 11 is 5.89. The second kappa shape index (κ2) is 7.09. The molecule has 0 saturated carbocycles. The van der Waals surface area contributed by atoms with Gasteiger partial charge in [0.15, 0.2) is 5.82 Å². The molecule has 0 atom stereocenters. The molecule has 0 amide bonds. The third-order valence-corrected chi connectivity index (χ3v) is 5.37. The Labute approximate surface area is 141 Å².